The van der Waals surface area contributed by atoms with Crippen LogP contribution < -0.4 is 9.62 Å². The molecule has 1 aliphatic heterocycles. The SMILES string of the molecule is O=C(CN1c2cccc3cccc(c23)S1(=O)=O)NCc1ccccc1. The molecule has 0 unspecified atom stereocenters. The summed E-state index contributed by atoms with van der Waals surface area (Å²) in [5, 5.41) is 4.31. The largest absolute Gasteiger partial charge is 0.350 e. The van der Waals surface area contributed by atoms with E-state index in [0.717, 1.165) is 10.9 Å². The molecule has 0 aliphatic carbocycles. The molecule has 0 radical (unpaired) electrons. The van der Waals surface area contributed by atoms with Gasteiger partial charge in [0.25, 0.3) is 10.0 Å². The lowest BCUT2D eigenvalue weighted by Gasteiger charge is -2.18. The van der Waals surface area contributed by atoms with Gasteiger partial charge in [-0.1, -0.05) is 54.6 Å². The molecular formula is C19H16N2O3S. The molecule has 1 N–H and O–H groups in total. The maximum atomic E-state index is 12.8. The summed E-state index contributed by atoms with van der Waals surface area (Å²) in [4.78, 5) is 12.6. The average Bonchev–Trinajstić information content (AvgIpc) is 2.84. The zero-order chi connectivity index (χ0) is 17.4. The number of nitrogens with zero attached hydrogens (tertiary/aromatic N) is 1. The molecule has 4 rings (SSSR count). The normalized spacial score (nSPS) is 14.6. The van der Waals surface area contributed by atoms with Crippen molar-refractivity contribution in [1.82, 2.24) is 5.32 Å². The lowest BCUT2D eigenvalue weighted by atomic mass is 10.1. The minimum absolute atomic E-state index is 0.233. The van der Waals surface area contributed by atoms with Gasteiger partial charge < -0.3 is 5.32 Å². The van der Waals surface area contributed by atoms with E-state index in [2.05, 4.69) is 5.32 Å². The highest BCUT2D eigenvalue weighted by atomic mass is 32.2. The number of sulfonamides is 1. The number of carbonyl (C=O) groups is 1. The van der Waals surface area contributed by atoms with Crippen LogP contribution in [0.5, 0.6) is 0 Å². The summed E-state index contributed by atoms with van der Waals surface area (Å²) in [5.74, 6) is -0.336. The molecule has 1 heterocycles. The second-order valence-electron chi connectivity index (χ2n) is 5.91. The summed E-state index contributed by atoms with van der Waals surface area (Å²) in [6, 6.07) is 20.1. The van der Waals surface area contributed by atoms with Crippen molar-refractivity contribution in [3.8, 4) is 0 Å². The molecule has 25 heavy (non-hydrogen) atoms. The molecular weight excluding hydrogens is 336 g/mol. The predicted molar refractivity (Wildman–Crippen MR) is 96.8 cm³/mol. The summed E-state index contributed by atoms with van der Waals surface area (Å²) in [6.45, 7) is 0.133. The third-order valence-corrected chi connectivity index (χ3v) is 6.10. The fourth-order valence-corrected chi connectivity index (χ4v) is 4.78. The van der Waals surface area contributed by atoms with Gasteiger partial charge in [-0.3, -0.25) is 9.10 Å². The number of amides is 1. The number of rotatable bonds is 4. The molecule has 0 fully saturated rings. The van der Waals surface area contributed by atoms with Gasteiger partial charge in [-0.05, 0) is 23.1 Å². The third kappa shape index (κ3) is 2.64. The topological polar surface area (TPSA) is 66.5 Å². The number of hydrogen-bond donors (Lipinski definition) is 1. The van der Waals surface area contributed by atoms with E-state index in [1.54, 1.807) is 24.3 Å². The van der Waals surface area contributed by atoms with Crippen molar-refractivity contribution in [2.45, 2.75) is 11.4 Å². The maximum Gasteiger partial charge on any atom is 0.265 e. The Balaban J connectivity index is 1.59. The Kier molecular flexibility index (Phi) is 3.69. The molecule has 3 aromatic carbocycles. The first kappa shape index (κ1) is 15.7. The van der Waals surface area contributed by atoms with Crippen LogP contribution in [0.4, 0.5) is 5.69 Å². The lowest BCUT2D eigenvalue weighted by Crippen LogP contribution is -2.38. The smallest absolute Gasteiger partial charge is 0.265 e. The predicted octanol–water partition coefficient (Wildman–Crippen LogP) is 2.66. The van der Waals surface area contributed by atoms with Crippen LogP contribution in [0.2, 0.25) is 0 Å². The van der Waals surface area contributed by atoms with Crippen molar-refractivity contribution in [3.05, 3.63) is 72.3 Å². The fourth-order valence-electron chi connectivity index (χ4n) is 3.11. The Labute approximate surface area is 145 Å². The molecule has 0 bridgehead atoms. The minimum atomic E-state index is -3.70. The molecule has 1 aliphatic rings. The standard InChI is InChI=1S/C19H16N2O3S/c22-18(20-12-14-6-2-1-3-7-14)13-21-16-10-4-8-15-9-5-11-17(19(15)16)25(21,23)24/h1-11H,12-13H2,(H,20,22). The highest BCUT2D eigenvalue weighted by Crippen LogP contribution is 2.41. The summed E-state index contributed by atoms with van der Waals surface area (Å²) in [7, 11) is -3.70. The van der Waals surface area contributed by atoms with Crippen LogP contribution in [0, 0.1) is 0 Å². The van der Waals surface area contributed by atoms with E-state index in [0.29, 0.717) is 17.6 Å². The molecule has 0 saturated heterocycles. The minimum Gasteiger partial charge on any atom is -0.350 e. The van der Waals surface area contributed by atoms with Crippen molar-refractivity contribution in [3.63, 3.8) is 0 Å². The Bertz CT molecular complexity index is 1060. The van der Waals surface area contributed by atoms with Crippen LogP contribution in [0.15, 0.2) is 71.6 Å². The zero-order valence-corrected chi connectivity index (χ0v) is 14.2. The van der Waals surface area contributed by atoms with Crippen molar-refractivity contribution < 1.29 is 13.2 Å². The van der Waals surface area contributed by atoms with Crippen molar-refractivity contribution in [2.75, 3.05) is 10.8 Å². The highest BCUT2D eigenvalue weighted by Gasteiger charge is 2.36. The van der Waals surface area contributed by atoms with Gasteiger partial charge in [0.2, 0.25) is 5.91 Å². The summed E-state index contributed by atoms with van der Waals surface area (Å²) in [6.07, 6.45) is 0. The molecule has 1 amide bonds. The second-order valence-corrected chi connectivity index (χ2v) is 7.74. The number of hydrogen-bond acceptors (Lipinski definition) is 3. The number of carbonyl (C=O) groups excluding carboxylic acids is 1. The van der Waals surface area contributed by atoms with Crippen LogP contribution in [0.1, 0.15) is 5.56 Å². The molecule has 3 aromatic rings. The average molecular weight is 352 g/mol. The third-order valence-electron chi connectivity index (χ3n) is 4.30. The van der Waals surface area contributed by atoms with Crippen molar-refractivity contribution in [2.24, 2.45) is 0 Å². The first-order valence-corrected chi connectivity index (χ1v) is 9.36. The van der Waals surface area contributed by atoms with Gasteiger partial charge in [0.05, 0.1) is 10.6 Å². The van der Waals surface area contributed by atoms with E-state index in [9.17, 15) is 13.2 Å². The molecule has 0 aromatic heterocycles. The number of nitrogens with one attached hydrogen (secondary N) is 1. The van der Waals surface area contributed by atoms with E-state index >= 15 is 0 Å². The molecule has 0 atom stereocenters. The maximum absolute atomic E-state index is 12.8. The van der Waals surface area contributed by atoms with Gasteiger partial charge in [-0.25, -0.2) is 8.42 Å². The monoisotopic (exact) mass is 352 g/mol. The lowest BCUT2D eigenvalue weighted by molar-refractivity contribution is -0.119. The Morgan fingerprint density at radius 3 is 2.40 bits per heavy atom. The van der Waals surface area contributed by atoms with E-state index < -0.39 is 10.0 Å². The summed E-state index contributed by atoms with van der Waals surface area (Å²) in [5.41, 5.74) is 1.52. The van der Waals surface area contributed by atoms with E-state index in [-0.39, 0.29) is 17.3 Å². The molecule has 0 spiro atoms. The van der Waals surface area contributed by atoms with Crippen LogP contribution in [0.25, 0.3) is 10.8 Å². The quantitative estimate of drug-likeness (QED) is 0.785. The number of anilines is 1. The molecule has 126 valence electrons. The van der Waals surface area contributed by atoms with E-state index in [4.69, 9.17) is 0 Å². The van der Waals surface area contributed by atoms with Crippen molar-refractivity contribution in [1.29, 1.82) is 0 Å². The van der Waals surface area contributed by atoms with E-state index in [1.807, 2.05) is 42.5 Å². The van der Waals surface area contributed by atoms with Gasteiger partial charge in [0.15, 0.2) is 0 Å². The van der Waals surface area contributed by atoms with Gasteiger partial charge in [-0.15, -0.1) is 0 Å². The van der Waals surface area contributed by atoms with Gasteiger partial charge >= 0.3 is 0 Å². The number of benzene rings is 3. The highest BCUT2D eigenvalue weighted by molar-refractivity contribution is 7.93. The Morgan fingerprint density at radius 2 is 1.64 bits per heavy atom. The zero-order valence-electron chi connectivity index (χ0n) is 13.3. The molecule has 6 heteroatoms. The molecule has 0 saturated carbocycles. The fraction of sp³-hybridized carbons (Fsp3) is 0.105. The first-order valence-electron chi connectivity index (χ1n) is 7.92. The van der Waals surface area contributed by atoms with Gasteiger partial charge in [-0.2, -0.15) is 0 Å². The van der Waals surface area contributed by atoms with Gasteiger partial charge in [0.1, 0.15) is 6.54 Å². The first-order chi connectivity index (χ1) is 12.1. The second kappa shape index (κ2) is 5.89. The van der Waals surface area contributed by atoms with Crippen LogP contribution in [0.3, 0.4) is 0 Å². The Morgan fingerprint density at radius 1 is 0.920 bits per heavy atom. The van der Waals surface area contributed by atoms with Crippen LogP contribution in [-0.2, 0) is 21.4 Å². The van der Waals surface area contributed by atoms with Gasteiger partial charge in [0, 0.05) is 11.9 Å². The molecule has 5 nitrogen and oxygen atoms in total. The summed E-state index contributed by atoms with van der Waals surface area (Å²) < 4.78 is 26.8. The van der Waals surface area contributed by atoms with Crippen molar-refractivity contribution >= 4 is 32.4 Å². The summed E-state index contributed by atoms with van der Waals surface area (Å²) >= 11 is 0. The van der Waals surface area contributed by atoms with Crippen LogP contribution >= 0.6 is 0 Å². The Hall–Kier alpha value is -2.86. The van der Waals surface area contributed by atoms with Crippen LogP contribution in [-0.4, -0.2) is 20.9 Å². The van der Waals surface area contributed by atoms with E-state index in [1.165, 1.54) is 4.31 Å².